The smallest absolute Gasteiger partial charge is 0.175 e. The maximum atomic E-state index is 6.72. The van der Waals surface area contributed by atoms with Crippen LogP contribution in [0.15, 0.2) is 72.8 Å². The van der Waals surface area contributed by atoms with E-state index in [2.05, 4.69) is 133 Å². The molecule has 0 spiro atoms. The summed E-state index contributed by atoms with van der Waals surface area (Å²) in [6.07, 6.45) is 16.1. The van der Waals surface area contributed by atoms with Crippen LogP contribution in [0.4, 0.5) is 17.1 Å². The molecule has 1 heterocycles. The number of nitrogens with zero attached hydrogens (tertiary/aromatic N) is 3. The van der Waals surface area contributed by atoms with Gasteiger partial charge in [-0.2, -0.15) is 0 Å². The van der Waals surface area contributed by atoms with Gasteiger partial charge in [0.25, 0.3) is 0 Å². The average molecular weight is 904 g/mol. The van der Waals surface area contributed by atoms with E-state index in [4.69, 9.17) is 42.6 Å². The van der Waals surface area contributed by atoms with Gasteiger partial charge in [-0.05, 0) is 66.9 Å². The van der Waals surface area contributed by atoms with Crippen LogP contribution in [0.25, 0.3) is 0 Å². The summed E-state index contributed by atoms with van der Waals surface area (Å²) in [6.45, 7) is 17.2. The molecule has 0 aliphatic carbocycles. The molecule has 0 aromatic heterocycles. The van der Waals surface area contributed by atoms with Crippen LogP contribution < -0.4 is 28.9 Å². The molecule has 12 heteroatoms. The molecule has 67 heavy (non-hydrogen) atoms. The molecule has 0 saturated heterocycles. The van der Waals surface area contributed by atoms with Crippen LogP contribution in [0.2, 0.25) is 0 Å². The predicted octanol–water partition coefficient (Wildman–Crippen LogP) is 9.28. The number of fused-ring (bicyclic) bond motifs is 2. The van der Waals surface area contributed by atoms with Crippen LogP contribution in [0.3, 0.4) is 0 Å². The first-order valence-corrected chi connectivity index (χ1v) is 21.7. The number of hydrogen-bond donors (Lipinski definition) is 0. The van der Waals surface area contributed by atoms with E-state index >= 15 is 0 Å². The average Bonchev–Trinajstić information content (AvgIpc) is 3.33. The Labute approximate surface area is 396 Å². The van der Waals surface area contributed by atoms with E-state index in [1.54, 1.807) is 41.5 Å². The van der Waals surface area contributed by atoms with Crippen molar-refractivity contribution in [3.63, 3.8) is 0 Å². The summed E-state index contributed by atoms with van der Waals surface area (Å²) in [5, 5.41) is 0. The molecule has 4 aromatic rings. The molecule has 1 unspecified atom stereocenters. The van der Waals surface area contributed by atoms with Crippen LogP contribution in [0.1, 0.15) is 75.3 Å². The molecule has 1 aliphatic rings. The van der Waals surface area contributed by atoms with Gasteiger partial charge in [-0.3, -0.25) is 0 Å². The van der Waals surface area contributed by atoms with Gasteiger partial charge in [0, 0.05) is 70.3 Å². The number of aryl methyl sites for hydroxylation is 2. The Morgan fingerprint density at radius 1 is 0.448 bits per heavy atom. The van der Waals surface area contributed by atoms with E-state index in [-0.39, 0.29) is 46.1 Å². The third kappa shape index (κ3) is 14.7. The molecule has 0 bridgehead atoms. The standard InChI is InChI=1S/C55H57N3O9/c1-9-25-59-31-23-56(24-32-60-26-10-2)46-18-20-48-52(38-46)67-51-35-43(7)15-19-47(51)55(48)45-17-22-50(58(41-63-29-13-5)42-64-30-14-6)54(37-45)66-34-33-65-53-36-44(8)16-21-49(53)57(39-61-27-11-3)40-62-28-12-4/h15-22,35-38,55H,23-24,31-34,39-42H2,1-8H3. The van der Waals surface area contributed by atoms with E-state index in [0.29, 0.717) is 43.5 Å². The molecule has 0 saturated carbocycles. The Balaban J connectivity index is 1.53. The summed E-state index contributed by atoms with van der Waals surface area (Å²) in [5.74, 6) is 19.1. The van der Waals surface area contributed by atoms with Gasteiger partial charge in [0.2, 0.25) is 0 Å². The van der Waals surface area contributed by atoms with Crippen molar-refractivity contribution < 1.29 is 42.6 Å². The number of benzene rings is 4. The minimum Gasteiger partial charge on any atom is -0.488 e. The van der Waals surface area contributed by atoms with Crippen molar-refractivity contribution in [2.24, 2.45) is 0 Å². The highest BCUT2D eigenvalue weighted by molar-refractivity contribution is 5.67. The summed E-state index contributed by atoms with van der Waals surface area (Å²) >= 11 is 0. The van der Waals surface area contributed by atoms with Crippen LogP contribution >= 0.6 is 0 Å². The van der Waals surface area contributed by atoms with E-state index in [1.807, 2.05) is 41.0 Å². The van der Waals surface area contributed by atoms with Gasteiger partial charge in [-0.1, -0.05) is 65.9 Å². The minimum absolute atomic E-state index is 0.0868. The molecule has 0 N–H and O–H groups in total. The number of ether oxygens (including phenoxy) is 9. The van der Waals surface area contributed by atoms with Gasteiger partial charge < -0.3 is 57.3 Å². The summed E-state index contributed by atoms with van der Waals surface area (Å²) in [6, 6.07) is 24.6. The predicted molar refractivity (Wildman–Crippen MR) is 261 cm³/mol. The number of hydrogen-bond acceptors (Lipinski definition) is 12. The van der Waals surface area contributed by atoms with Crippen molar-refractivity contribution in [1.29, 1.82) is 0 Å². The summed E-state index contributed by atoms with van der Waals surface area (Å²) < 4.78 is 53.5. The molecule has 1 aliphatic heterocycles. The molecule has 5 rings (SSSR count). The molecule has 0 amide bonds. The van der Waals surface area contributed by atoms with E-state index in [0.717, 1.165) is 50.7 Å². The monoisotopic (exact) mass is 903 g/mol. The van der Waals surface area contributed by atoms with Crippen molar-refractivity contribution >= 4 is 17.1 Å². The Morgan fingerprint density at radius 3 is 1.40 bits per heavy atom. The molecular formula is C55H57N3O9. The lowest BCUT2D eigenvalue weighted by Crippen LogP contribution is -2.30. The fourth-order valence-corrected chi connectivity index (χ4v) is 7.06. The minimum atomic E-state index is -0.223. The van der Waals surface area contributed by atoms with Crippen molar-refractivity contribution in [2.75, 3.05) is 81.1 Å². The second-order valence-electron chi connectivity index (χ2n) is 14.7. The highest BCUT2D eigenvalue weighted by atomic mass is 16.5. The molecule has 12 nitrogen and oxygen atoms in total. The van der Waals surface area contributed by atoms with E-state index in [1.165, 1.54) is 0 Å². The second kappa shape index (κ2) is 27.2. The van der Waals surface area contributed by atoms with Gasteiger partial charge in [0.05, 0.1) is 24.5 Å². The zero-order valence-corrected chi connectivity index (χ0v) is 39.6. The first-order valence-electron chi connectivity index (χ1n) is 21.7. The summed E-state index contributed by atoms with van der Waals surface area (Å²) in [4.78, 5) is 5.89. The van der Waals surface area contributed by atoms with Crippen molar-refractivity contribution in [2.45, 2.75) is 61.3 Å². The fourth-order valence-electron chi connectivity index (χ4n) is 7.06. The molecule has 0 fully saturated rings. The number of anilines is 3. The lowest BCUT2D eigenvalue weighted by molar-refractivity contribution is 0.198. The van der Waals surface area contributed by atoms with Crippen LogP contribution in [0, 0.1) is 86.0 Å². The third-order valence-corrected chi connectivity index (χ3v) is 9.94. The largest absolute Gasteiger partial charge is 0.488 e. The zero-order valence-electron chi connectivity index (χ0n) is 39.6. The Kier molecular flexibility index (Phi) is 20.3. The molecule has 346 valence electrons. The highest BCUT2D eigenvalue weighted by Crippen LogP contribution is 2.50. The highest BCUT2D eigenvalue weighted by Gasteiger charge is 2.31. The summed E-state index contributed by atoms with van der Waals surface area (Å²) in [5.41, 5.74) is 7.46. The number of rotatable bonds is 23. The van der Waals surface area contributed by atoms with Crippen LogP contribution in [-0.4, -0.2) is 66.4 Å². The van der Waals surface area contributed by atoms with Gasteiger partial charge in [0.15, 0.2) is 26.9 Å². The van der Waals surface area contributed by atoms with E-state index in [9.17, 15) is 0 Å². The lowest BCUT2D eigenvalue weighted by atomic mass is 9.82. The van der Waals surface area contributed by atoms with Crippen molar-refractivity contribution in [1.82, 2.24) is 0 Å². The lowest BCUT2D eigenvalue weighted by Gasteiger charge is -2.32. The Bertz CT molecular complexity index is 2590. The molecule has 0 radical (unpaired) electrons. The summed E-state index contributed by atoms with van der Waals surface area (Å²) in [7, 11) is 0. The molecule has 4 aromatic carbocycles. The SMILES string of the molecule is CC#COCCN(CCOC#CC)c1ccc2c(c1)Oc1cc(C)ccc1C2c1ccc(N(COC#CC)COC#CC)c(OCCOc2cc(C)ccc2N(COC#CC)COC#CC)c1. The Morgan fingerprint density at radius 2 is 0.881 bits per heavy atom. The Hall–Kier alpha value is -8.16. The van der Waals surface area contributed by atoms with Gasteiger partial charge >= 0.3 is 0 Å². The van der Waals surface area contributed by atoms with Gasteiger partial charge in [-0.25, -0.2) is 0 Å². The van der Waals surface area contributed by atoms with Crippen LogP contribution in [-0.2, 0) is 28.4 Å². The maximum absolute atomic E-state index is 6.72. The topological polar surface area (TPSA) is 92.8 Å². The molecular weight excluding hydrogens is 847 g/mol. The van der Waals surface area contributed by atoms with Crippen molar-refractivity contribution in [3.8, 4) is 95.2 Å². The van der Waals surface area contributed by atoms with Gasteiger partial charge in [0.1, 0.15) is 86.1 Å². The van der Waals surface area contributed by atoms with Crippen LogP contribution in [0.5, 0.6) is 23.0 Å². The van der Waals surface area contributed by atoms with Crippen molar-refractivity contribution in [3.05, 3.63) is 101 Å². The first kappa shape index (κ1) is 49.8. The second-order valence-corrected chi connectivity index (χ2v) is 14.7. The fraction of sp³-hybridized carbons (Fsp3) is 0.345. The maximum Gasteiger partial charge on any atom is 0.175 e. The molecule has 1 atom stereocenters. The first-order chi connectivity index (χ1) is 32.8. The quantitative estimate of drug-likeness (QED) is 0.0356. The zero-order chi connectivity index (χ0) is 47.6. The van der Waals surface area contributed by atoms with E-state index < -0.39 is 0 Å². The van der Waals surface area contributed by atoms with Gasteiger partial charge in [-0.15, -0.1) is 0 Å². The normalized spacial score (nSPS) is 11.1. The third-order valence-electron chi connectivity index (χ3n) is 9.94.